The highest BCUT2D eigenvalue weighted by Gasteiger charge is 2.34. The summed E-state index contributed by atoms with van der Waals surface area (Å²) in [6, 6.07) is 7.62. The van der Waals surface area contributed by atoms with Gasteiger partial charge in [-0.1, -0.05) is 29.8 Å². The first-order chi connectivity index (χ1) is 11.6. The number of likely N-dealkylation sites (tertiary alicyclic amines) is 1. The van der Waals surface area contributed by atoms with Crippen molar-refractivity contribution in [1.82, 2.24) is 14.9 Å². The normalized spacial score (nSPS) is 18.8. The van der Waals surface area contributed by atoms with Gasteiger partial charge in [-0.2, -0.15) is 0 Å². The lowest BCUT2D eigenvalue weighted by Crippen LogP contribution is -2.39. The summed E-state index contributed by atoms with van der Waals surface area (Å²) >= 11 is 6.25. The summed E-state index contributed by atoms with van der Waals surface area (Å²) in [5, 5.41) is 0.678. The van der Waals surface area contributed by atoms with Crippen LogP contribution in [-0.4, -0.2) is 40.0 Å². The van der Waals surface area contributed by atoms with Gasteiger partial charge in [0.05, 0.1) is 17.9 Å². The number of H-pyrrole nitrogens is 1. The molecule has 2 atom stereocenters. The molecule has 1 aromatic carbocycles. The number of ether oxygens (including phenoxy) is 1. The van der Waals surface area contributed by atoms with Crippen LogP contribution in [0.1, 0.15) is 38.6 Å². The van der Waals surface area contributed by atoms with Crippen molar-refractivity contribution in [2.24, 2.45) is 0 Å². The second-order valence-electron chi connectivity index (χ2n) is 5.95. The number of halogens is 1. The molecule has 1 aliphatic heterocycles. The molecule has 6 heteroatoms. The van der Waals surface area contributed by atoms with Crippen molar-refractivity contribution < 1.29 is 9.53 Å². The lowest BCUT2D eigenvalue weighted by molar-refractivity contribution is -0.143. The summed E-state index contributed by atoms with van der Waals surface area (Å²) in [4.78, 5) is 22.3. The number of nitrogens with one attached hydrogen (secondary N) is 1. The second kappa shape index (κ2) is 7.36. The number of rotatable bonds is 5. The largest absolute Gasteiger partial charge is 0.369 e. The fourth-order valence-electron chi connectivity index (χ4n) is 3.19. The average Bonchev–Trinajstić information content (AvgIpc) is 3.23. The monoisotopic (exact) mass is 347 g/mol. The Morgan fingerprint density at radius 2 is 2.29 bits per heavy atom. The lowest BCUT2D eigenvalue weighted by atomic mass is 10.1. The molecule has 1 fully saturated rings. The van der Waals surface area contributed by atoms with Crippen LogP contribution in [0.4, 0.5) is 0 Å². The molecule has 5 nitrogen and oxygen atoms in total. The van der Waals surface area contributed by atoms with Gasteiger partial charge in [0.1, 0.15) is 11.9 Å². The van der Waals surface area contributed by atoms with E-state index in [0.717, 1.165) is 36.5 Å². The highest BCUT2D eigenvalue weighted by molar-refractivity contribution is 6.33. The maximum absolute atomic E-state index is 12.6. The van der Waals surface area contributed by atoms with Gasteiger partial charge in [-0.15, -0.1) is 0 Å². The van der Waals surface area contributed by atoms with Crippen LogP contribution >= 0.6 is 11.6 Å². The van der Waals surface area contributed by atoms with Gasteiger partial charge in [0, 0.05) is 23.7 Å². The molecule has 1 saturated heterocycles. The Kier molecular flexibility index (Phi) is 5.21. The van der Waals surface area contributed by atoms with E-state index in [4.69, 9.17) is 16.3 Å². The van der Waals surface area contributed by atoms with Gasteiger partial charge in [-0.05, 0) is 32.8 Å². The minimum absolute atomic E-state index is 0.0232. The van der Waals surface area contributed by atoms with Crippen LogP contribution in [0.3, 0.4) is 0 Å². The predicted octanol–water partition coefficient (Wildman–Crippen LogP) is 3.82. The molecule has 2 aromatic rings. The molecule has 1 amide bonds. The first kappa shape index (κ1) is 17.0. The lowest BCUT2D eigenvalue weighted by Gasteiger charge is -2.26. The number of benzene rings is 1. The average molecular weight is 348 g/mol. The van der Waals surface area contributed by atoms with Crippen molar-refractivity contribution in [1.29, 1.82) is 0 Å². The quantitative estimate of drug-likeness (QED) is 0.894. The standard InChI is InChI=1S/C18H22ClN3O2/c1-3-24-12(2)18(23)22-10-6-9-16(22)17-20-11-15(21-17)13-7-4-5-8-14(13)19/h4-5,7-8,11-12,16H,3,6,9-10H2,1-2H3,(H,20,21)/t12-,16+/m1/s1. The fourth-order valence-corrected chi connectivity index (χ4v) is 3.43. The smallest absolute Gasteiger partial charge is 0.252 e. The predicted molar refractivity (Wildman–Crippen MR) is 93.8 cm³/mol. The van der Waals surface area contributed by atoms with Crippen molar-refractivity contribution >= 4 is 17.5 Å². The number of carbonyl (C=O) groups excluding carboxylic acids is 1. The molecule has 128 valence electrons. The first-order valence-corrected chi connectivity index (χ1v) is 8.71. The van der Waals surface area contributed by atoms with Crippen LogP contribution in [0, 0.1) is 0 Å². The molecule has 2 heterocycles. The summed E-state index contributed by atoms with van der Waals surface area (Å²) in [6.45, 7) is 4.97. The summed E-state index contributed by atoms with van der Waals surface area (Å²) in [5.74, 6) is 0.828. The summed E-state index contributed by atoms with van der Waals surface area (Å²) < 4.78 is 5.45. The zero-order valence-electron chi connectivity index (χ0n) is 14.0. The molecule has 1 aliphatic rings. The third kappa shape index (κ3) is 3.32. The molecule has 3 rings (SSSR count). The highest BCUT2D eigenvalue weighted by Crippen LogP contribution is 2.33. The zero-order valence-corrected chi connectivity index (χ0v) is 14.7. The molecule has 0 radical (unpaired) electrons. The SMILES string of the molecule is CCO[C@H](C)C(=O)N1CCC[C@H]1c1ncc(-c2ccccc2Cl)[nH]1. The van der Waals surface area contributed by atoms with E-state index in [9.17, 15) is 4.79 Å². The summed E-state index contributed by atoms with van der Waals surface area (Å²) in [6.07, 6.45) is 3.23. The Bertz CT molecular complexity index is 716. The van der Waals surface area contributed by atoms with Crippen LogP contribution in [0.2, 0.25) is 5.02 Å². The van der Waals surface area contributed by atoms with E-state index in [1.807, 2.05) is 36.1 Å². The van der Waals surface area contributed by atoms with E-state index in [1.54, 1.807) is 13.1 Å². The Morgan fingerprint density at radius 1 is 1.50 bits per heavy atom. The van der Waals surface area contributed by atoms with E-state index in [0.29, 0.717) is 11.6 Å². The van der Waals surface area contributed by atoms with Crippen molar-refractivity contribution in [3.05, 3.63) is 41.3 Å². The van der Waals surface area contributed by atoms with Crippen LogP contribution < -0.4 is 0 Å². The van der Waals surface area contributed by atoms with Crippen LogP contribution in [0.25, 0.3) is 11.3 Å². The number of aromatic amines is 1. The van der Waals surface area contributed by atoms with E-state index in [2.05, 4.69) is 9.97 Å². The Labute approximate surface area is 147 Å². The molecular formula is C18H22ClN3O2. The topological polar surface area (TPSA) is 58.2 Å². The molecule has 1 aromatic heterocycles. The number of carbonyl (C=O) groups is 1. The van der Waals surface area contributed by atoms with Gasteiger partial charge in [0.25, 0.3) is 5.91 Å². The molecule has 1 N–H and O–H groups in total. The van der Waals surface area contributed by atoms with Gasteiger partial charge in [0.2, 0.25) is 0 Å². The van der Waals surface area contributed by atoms with Crippen molar-refractivity contribution in [3.63, 3.8) is 0 Å². The van der Waals surface area contributed by atoms with Gasteiger partial charge < -0.3 is 14.6 Å². The molecule has 24 heavy (non-hydrogen) atoms. The fraction of sp³-hybridized carbons (Fsp3) is 0.444. The van der Waals surface area contributed by atoms with Crippen LogP contribution in [-0.2, 0) is 9.53 Å². The molecule has 0 spiro atoms. The van der Waals surface area contributed by atoms with Crippen LogP contribution in [0.5, 0.6) is 0 Å². The summed E-state index contributed by atoms with van der Waals surface area (Å²) in [7, 11) is 0. The van der Waals surface area contributed by atoms with Crippen LogP contribution in [0.15, 0.2) is 30.5 Å². The third-order valence-corrected chi connectivity index (χ3v) is 4.71. The van der Waals surface area contributed by atoms with Crippen molar-refractivity contribution in [2.45, 2.75) is 38.8 Å². The molecule has 0 unspecified atom stereocenters. The van der Waals surface area contributed by atoms with Gasteiger partial charge in [0.15, 0.2) is 0 Å². The third-order valence-electron chi connectivity index (χ3n) is 4.38. The molecule has 0 aliphatic carbocycles. The van der Waals surface area contributed by atoms with Crippen molar-refractivity contribution in [3.8, 4) is 11.3 Å². The Hall–Kier alpha value is -1.85. The number of nitrogens with zero attached hydrogens (tertiary/aromatic N) is 2. The van der Waals surface area contributed by atoms with Gasteiger partial charge in [-0.25, -0.2) is 4.98 Å². The molecule has 0 saturated carbocycles. The number of aromatic nitrogens is 2. The maximum atomic E-state index is 12.6. The van der Waals surface area contributed by atoms with E-state index >= 15 is 0 Å². The number of hydrogen-bond acceptors (Lipinski definition) is 3. The van der Waals surface area contributed by atoms with Gasteiger partial charge >= 0.3 is 0 Å². The maximum Gasteiger partial charge on any atom is 0.252 e. The number of imidazole rings is 1. The Morgan fingerprint density at radius 3 is 3.04 bits per heavy atom. The number of amides is 1. The molecule has 0 bridgehead atoms. The van der Waals surface area contributed by atoms with E-state index in [-0.39, 0.29) is 11.9 Å². The van der Waals surface area contributed by atoms with E-state index in [1.165, 1.54) is 0 Å². The van der Waals surface area contributed by atoms with Crippen molar-refractivity contribution in [2.75, 3.05) is 13.2 Å². The highest BCUT2D eigenvalue weighted by atomic mass is 35.5. The second-order valence-corrected chi connectivity index (χ2v) is 6.36. The van der Waals surface area contributed by atoms with E-state index < -0.39 is 6.10 Å². The van der Waals surface area contributed by atoms with Gasteiger partial charge in [-0.3, -0.25) is 4.79 Å². The number of hydrogen-bond donors (Lipinski definition) is 1. The minimum atomic E-state index is -0.423. The molecular weight excluding hydrogens is 326 g/mol. The first-order valence-electron chi connectivity index (χ1n) is 8.33. The zero-order chi connectivity index (χ0) is 17.1. The summed E-state index contributed by atoms with van der Waals surface area (Å²) in [5.41, 5.74) is 1.78. The Balaban J connectivity index is 1.81. The minimum Gasteiger partial charge on any atom is -0.369 e.